The smallest absolute Gasteiger partial charge is 0.423 e. The number of rotatable bonds is 4. The second kappa shape index (κ2) is 16.4. The quantitative estimate of drug-likeness (QED) is 0.184. The molecule has 2 N–H and O–H groups in total. The summed E-state index contributed by atoms with van der Waals surface area (Å²) in [5.41, 5.74) is 0.480. The third-order valence-corrected chi connectivity index (χ3v) is 5.33. The van der Waals surface area contributed by atoms with Crippen LogP contribution in [-0.2, 0) is 12.4 Å². The van der Waals surface area contributed by atoms with Gasteiger partial charge in [-0.2, -0.15) is 26.3 Å². The molecule has 0 saturated heterocycles. The van der Waals surface area contributed by atoms with E-state index in [0.717, 1.165) is 24.8 Å². The number of hydrogen-bond acceptors (Lipinski definition) is 8. The van der Waals surface area contributed by atoms with E-state index in [1.807, 2.05) is 0 Å². The SMILES string of the molecule is C.Cc1cc(-c2cnc(C(F)(F)F)nc2)c(C(F)F)cn1.Cc1cc(Cl)c(C(F)F)cn1.OB(O)c1cnc(C(F)(F)F)nc1. The first-order valence-electron chi connectivity index (χ1n) is 11.6. The van der Waals surface area contributed by atoms with E-state index in [9.17, 15) is 43.9 Å². The fraction of sp³-hybridized carbons (Fsp3) is 0.280. The van der Waals surface area contributed by atoms with Crippen LogP contribution in [0.15, 0.2) is 49.3 Å². The third-order valence-electron chi connectivity index (χ3n) is 5.00. The molecule has 0 spiro atoms. The molecule has 20 heteroatoms. The Morgan fingerprint density at radius 3 is 1.42 bits per heavy atom. The minimum absolute atomic E-state index is 0. The van der Waals surface area contributed by atoms with E-state index in [1.165, 1.54) is 12.1 Å². The van der Waals surface area contributed by atoms with Crippen LogP contribution < -0.4 is 5.46 Å². The molecule has 0 fully saturated rings. The van der Waals surface area contributed by atoms with Crippen molar-refractivity contribution in [3.63, 3.8) is 0 Å². The molecule has 244 valence electrons. The second-order valence-corrected chi connectivity index (χ2v) is 8.77. The van der Waals surface area contributed by atoms with Crippen molar-refractivity contribution in [1.29, 1.82) is 0 Å². The predicted molar refractivity (Wildman–Crippen MR) is 142 cm³/mol. The molecule has 0 aliphatic heterocycles. The van der Waals surface area contributed by atoms with E-state index in [1.54, 1.807) is 13.8 Å². The van der Waals surface area contributed by atoms with Gasteiger partial charge in [0.05, 0.1) is 10.6 Å². The Hall–Kier alpha value is -3.97. The summed E-state index contributed by atoms with van der Waals surface area (Å²) in [6, 6.07) is 2.77. The summed E-state index contributed by atoms with van der Waals surface area (Å²) in [6.07, 6.45) is -9.36. The monoisotopic (exact) mass is 674 g/mol. The fourth-order valence-corrected chi connectivity index (χ4v) is 3.21. The van der Waals surface area contributed by atoms with E-state index in [0.29, 0.717) is 23.8 Å². The van der Waals surface area contributed by atoms with Gasteiger partial charge in [-0.25, -0.2) is 37.5 Å². The fourth-order valence-electron chi connectivity index (χ4n) is 2.92. The zero-order valence-electron chi connectivity index (χ0n) is 22.1. The summed E-state index contributed by atoms with van der Waals surface area (Å²) in [5.74, 6) is -2.62. The molecule has 8 nitrogen and oxygen atoms in total. The van der Waals surface area contributed by atoms with Crippen LogP contribution in [-0.4, -0.2) is 47.1 Å². The van der Waals surface area contributed by atoms with E-state index >= 15 is 0 Å². The summed E-state index contributed by atoms with van der Waals surface area (Å²) >= 11 is 5.50. The Balaban J connectivity index is 0.000000353. The lowest BCUT2D eigenvalue weighted by Gasteiger charge is -2.10. The van der Waals surface area contributed by atoms with Crippen molar-refractivity contribution in [2.45, 2.75) is 46.5 Å². The Labute approximate surface area is 254 Å². The lowest BCUT2D eigenvalue weighted by molar-refractivity contribution is -0.145. The van der Waals surface area contributed by atoms with Gasteiger partial charge in [0, 0.05) is 65.2 Å². The molecule has 0 radical (unpaired) electrons. The Morgan fingerprint density at radius 2 is 1.04 bits per heavy atom. The zero-order valence-corrected chi connectivity index (χ0v) is 22.8. The summed E-state index contributed by atoms with van der Waals surface area (Å²) in [6.45, 7) is 3.28. The molecule has 0 amide bonds. The van der Waals surface area contributed by atoms with E-state index in [4.69, 9.17) is 21.6 Å². The van der Waals surface area contributed by atoms with Gasteiger partial charge in [-0.1, -0.05) is 19.0 Å². The Morgan fingerprint density at radius 1 is 0.644 bits per heavy atom. The highest BCUT2D eigenvalue weighted by Gasteiger charge is 2.35. The van der Waals surface area contributed by atoms with Gasteiger partial charge < -0.3 is 10.0 Å². The highest BCUT2D eigenvalue weighted by atomic mass is 35.5. The maximum absolute atomic E-state index is 12.9. The first-order chi connectivity index (χ1) is 20.3. The van der Waals surface area contributed by atoms with Crippen LogP contribution in [0.3, 0.4) is 0 Å². The molecule has 45 heavy (non-hydrogen) atoms. The molecule has 0 saturated carbocycles. The topological polar surface area (TPSA) is 118 Å². The molecule has 4 aromatic heterocycles. The Kier molecular flexibility index (Phi) is 14.2. The van der Waals surface area contributed by atoms with Gasteiger partial charge in [-0.15, -0.1) is 0 Å². The van der Waals surface area contributed by atoms with Crippen molar-refractivity contribution < 1.29 is 54.0 Å². The molecular weight excluding hydrogens is 653 g/mol. The van der Waals surface area contributed by atoms with Crippen molar-refractivity contribution in [3.05, 3.63) is 88.5 Å². The lowest BCUT2D eigenvalue weighted by Crippen LogP contribution is -2.31. The summed E-state index contributed by atoms with van der Waals surface area (Å²) in [4.78, 5) is 19.6. The number of aromatic nitrogens is 6. The highest BCUT2D eigenvalue weighted by molar-refractivity contribution is 6.58. The van der Waals surface area contributed by atoms with Crippen LogP contribution >= 0.6 is 11.6 Å². The number of alkyl halides is 10. The van der Waals surface area contributed by atoms with Crippen molar-refractivity contribution in [3.8, 4) is 11.1 Å². The van der Waals surface area contributed by atoms with E-state index < -0.39 is 44.0 Å². The van der Waals surface area contributed by atoms with Gasteiger partial charge in [0.1, 0.15) is 0 Å². The van der Waals surface area contributed by atoms with Gasteiger partial charge in [0.15, 0.2) is 0 Å². The number of halogens is 11. The molecule has 0 bridgehead atoms. The van der Waals surface area contributed by atoms with Crippen molar-refractivity contribution in [2.75, 3.05) is 0 Å². The standard InChI is InChI=1S/C12H8F5N3.C7H6ClF2N.C5H4BF3N2O2.CH4/c1-6-2-8(9(5-18-6)10(13)14)7-3-19-11(20-4-7)12(15,16)17;1-4-2-6(8)5(3-11-4)7(9)10;7-5(8,9)4-10-1-3(2-11-4)6(12)13;/h2-5,10H,1H3;2-3,7H,1H3;1-2,12-13H;1H4. The van der Waals surface area contributed by atoms with Crippen LogP contribution in [0.4, 0.5) is 43.9 Å². The average molecular weight is 675 g/mol. The molecule has 0 aliphatic carbocycles. The van der Waals surface area contributed by atoms with Crippen LogP contribution in [0.25, 0.3) is 11.1 Å². The minimum atomic E-state index is -4.67. The number of hydrogen-bond donors (Lipinski definition) is 2. The van der Waals surface area contributed by atoms with E-state index in [2.05, 4.69) is 29.9 Å². The summed E-state index contributed by atoms with van der Waals surface area (Å²) in [7, 11) is -1.86. The van der Waals surface area contributed by atoms with E-state index in [-0.39, 0.29) is 40.2 Å². The predicted octanol–water partition coefficient (Wildman–Crippen LogP) is 6.60. The first kappa shape index (κ1) is 39.1. The molecule has 0 atom stereocenters. The number of pyridine rings is 2. The first-order valence-corrected chi connectivity index (χ1v) is 12.0. The normalized spacial score (nSPS) is 11.2. The molecule has 4 heterocycles. The van der Waals surface area contributed by atoms with Gasteiger partial charge in [-0.05, 0) is 31.5 Å². The van der Waals surface area contributed by atoms with Crippen LogP contribution in [0.2, 0.25) is 5.02 Å². The number of nitrogens with zero attached hydrogens (tertiary/aromatic N) is 6. The maximum Gasteiger partial charge on any atom is 0.491 e. The molecule has 4 rings (SSSR count). The summed E-state index contributed by atoms with van der Waals surface area (Å²) in [5, 5.41) is 17.1. The highest BCUT2D eigenvalue weighted by Crippen LogP contribution is 2.32. The van der Waals surface area contributed by atoms with Crippen molar-refractivity contribution in [2.24, 2.45) is 0 Å². The molecule has 4 aromatic rings. The van der Waals surface area contributed by atoms with Crippen LogP contribution in [0, 0.1) is 13.8 Å². The molecule has 0 unspecified atom stereocenters. The van der Waals surface area contributed by atoms with Crippen LogP contribution in [0.1, 0.15) is 54.4 Å². The van der Waals surface area contributed by atoms with Gasteiger partial charge in [0.25, 0.3) is 12.9 Å². The van der Waals surface area contributed by atoms with Gasteiger partial charge in [-0.3, -0.25) is 9.97 Å². The minimum Gasteiger partial charge on any atom is -0.423 e. The molecule has 0 aromatic carbocycles. The zero-order chi connectivity index (χ0) is 33.4. The van der Waals surface area contributed by atoms with Crippen molar-refractivity contribution in [1.82, 2.24) is 29.9 Å². The van der Waals surface area contributed by atoms with Gasteiger partial charge in [0.2, 0.25) is 11.6 Å². The third kappa shape index (κ3) is 11.8. The second-order valence-electron chi connectivity index (χ2n) is 8.37. The largest absolute Gasteiger partial charge is 0.491 e. The maximum atomic E-state index is 12.9. The average Bonchev–Trinajstić information content (AvgIpc) is 2.92. The Bertz CT molecular complexity index is 1510. The van der Waals surface area contributed by atoms with Crippen molar-refractivity contribution >= 4 is 24.2 Å². The lowest BCUT2D eigenvalue weighted by atomic mass is 9.83. The molecule has 0 aliphatic rings. The summed E-state index contributed by atoms with van der Waals surface area (Å²) < 4.78 is 122. The van der Waals surface area contributed by atoms with Crippen LogP contribution in [0.5, 0.6) is 0 Å². The van der Waals surface area contributed by atoms with Gasteiger partial charge >= 0.3 is 19.5 Å². The molecular formula is C25H22BClF10N6O2. The number of aryl methyl sites for hydroxylation is 2.